The molecule has 3 rings (SSSR count). The van der Waals surface area contributed by atoms with Crippen LogP contribution in [0, 0.1) is 6.92 Å². The molecule has 22 heavy (non-hydrogen) atoms. The molecule has 2 heterocycles. The van der Waals surface area contributed by atoms with Gasteiger partial charge in [-0.3, -0.25) is 4.90 Å². The summed E-state index contributed by atoms with van der Waals surface area (Å²) in [4.78, 5) is 17.6. The van der Waals surface area contributed by atoms with Gasteiger partial charge in [0.1, 0.15) is 12.4 Å². The first kappa shape index (κ1) is 14.4. The van der Waals surface area contributed by atoms with Crippen molar-refractivity contribution in [3.05, 3.63) is 53.7 Å². The lowest BCUT2D eigenvalue weighted by Gasteiger charge is -2.17. The fourth-order valence-electron chi connectivity index (χ4n) is 2.50. The minimum Gasteiger partial charge on any atom is -0.447 e. The van der Waals surface area contributed by atoms with Crippen LogP contribution in [0.15, 0.2) is 42.5 Å². The molecule has 1 aromatic heterocycles. The van der Waals surface area contributed by atoms with E-state index in [0.29, 0.717) is 13.2 Å². The molecule has 0 radical (unpaired) electrons. The van der Waals surface area contributed by atoms with E-state index in [4.69, 9.17) is 4.74 Å². The van der Waals surface area contributed by atoms with Crippen LogP contribution in [0.1, 0.15) is 24.2 Å². The summed E-state index contributed by atoms with van der Waals surface area (Å²) in [5.41, 5.74) is 2.99. The van der Waals surface area contributed by atoms with Crippen LogP contribution >= 0.6 is 0 Å². The Morgan fingerprint density at radius 3 is 2.64 bits per heavy atom. The van der Waals surface area contributed by atoms with Crippen LogP contribution in [0.3, 0.4) is 0 Å². The van der Waals surface area contributed by atoms with Crippen LogP contribution in [0.2, 0.25) is 0 Å². The molecule has 1 N–H and O–H groups in total. The number of nitrogens with one attached hydrogen (secondary N) is 1. The number of aryl methyl sites for hydroxylation is 1. The lowest BCUT2D eigenvalue weighted by molar-refractivity contribution is 0.181. The quantitative estimate of drug-likeness (QED) is 0.938. The standard InChI is InChI=1S/C17H19N3O2/c1-12-4-3-5-16(18-12)19-13(2)14-6-8-15(9-7-14)20-10-11-22-17(20)21/h3-9,13H,10-11H2,1-2H3,(H,18,19)/t13-/m1/s1. The maximum Gasteiger partial charge on any atom is 0.414 e. The number of carbonyl (C=O) groups excluding carboxylic acids is 1. The van der Waals surface area contributed by atoms with Gasteiger partial charge in [0.15, 0.2) is 0 Å². The highest BCUT2D eigenvalue weighted by atomic mass is 16.6. The number of carbonyl (C=O) groups is 1. The van der Waals surface area contributed by atoms with Crippen molar-refractivity contribution in [3.63, 3.8) is 0 Å². The van der Waals surface area contributed by atoms with Gasteiger partial charge in [-0.15, -0.1) is 0 Å². The minimum absolute atomic E-state index is 0.133. The average molecular weight is 297 g/mol. The molecule has 0 spiro atoms. The summed E-state index contributed by atoms with van der Waals surface area (Å²) in [6.07, 6.45) is -0.275. The summed E-state index contributed by atoms with van der Waals surface area (Å²) in [6, 6.07) is 14.0. The number of pyridine rings is 1. The number of cyclic esters (lactones) is 1. The maximum atomic E-state index is 11.5. The third kappa shape index (κ3) is 3.03. The Balaban J connectivity index is 1.70. The van der Waals surface area contributed by atoms with E-state index < -0.39 is 0 Å². The zero-order valence-corrected chi connectivity index (χ0v) is 12.7. The van der Waals surface area contributed by atoms with Crippen molar-refractivity contribution in [3.8, 4) is 0 Å². The van der Waals surface area contributed by atoms with Crippen LogP contribution in [-0.2, 0) is 4.74 Å². The molecule has 0 unspecified atom stereocenters. The van der Waals surface area contributed by atoms with Gasteiger partial charge in [0.05, 0.1) is 6.54 Å². The molecule has 1 aliphatic heterocycles. The molecule has 114 valence electrons. The zero-order chi connectivity index (χ0) is 15.5. The van der Waals surface area contributed by atoms with Crippen LogP contribution < -0.4 is 10.2 Å². The van der Waals surface area contributed by atoms with Crippen LogP contribution in [0.4, 0.5) is 16.3 Å². The number of hydrogen-bond acceptors (Lipinski definition) is 4. The highest BCUT2D eigenvalue weighted by molar-refractivity contribution is 5.89. The summed E-state index contributed by atoms with van der Waals surface area (Å²) in [7, 11) is 0. The highest BCUT2D eigenvalue weighted by Gasteiger charge is 2.23. The topological polar surface area (TPSA) is 54.5 Å². The van der Waals surface area contributed by atoms with Gasteiger partial charge >= 0.3 is 6.09 Å². The Bertz CT molecular complexity index is 670. The zero-order valence-electron chi connectivity index (χ0n) is 12.7. The molecule has 1 atom stereocenters. The fourth-order valence-corrected chi connectivity index (χ4v) is 2.50. The van der Waals surface area contributed by atoms with Crippen LogP contribution in [-0.4, -0.2) is 24.2 Å². The predicted molar refractivity (Wildman–Crippen MR) is 86.1 cm³/mol. The summed E-state index contributed by atoms with van der Waals surface area (Å²) in [6.45, 7) is 5.12. The Kier molecular flexibility index (Phi) is 3.96. The minimum atomic E-state index is -0.275. The molecule has 1 aliphatic rings. The molecule has 1 aromatic carbocycles. The van der Waals surface area contributed by atoms with Crippen LogP contribution in [0.25, 0.3) is 0 Å². The average Bonchev–Trinajstić information content (AvgIpc) is 2.93. The number of ether oxygens (including phenoxy) is 1. The van der Waals surface area contributed by atoms with Gasteiger partial charge in [-0.05, 0) is 43.7 Å². The number of anilines is 2. The molecular weight excluding hydrogens is 278 g/mol. The second kappa shape index (κ2) is 6.05. The second-order valence-electron chi connectivity index (χ2n) is 5.39. The van der Waals surface area contributed by atoms with Gasteiger partial charge < -0.3 is 10.1 Å². The molecule has 1 amide bonds. The Morgan fingerprint density at radius 1 is 1.23 bits per heavy atom. The van der Waals surface area contributed by atoms with E-state index in [2.05, 4.69) is 17.2 Å². The van der Waals surface area contributed by atoms with Crippen molar-refractivity contribution in [1.29, 1.82) is 0 Å². The number of hydrogen-bond donors (Lipinski definition) is 1. The number of aromatic nitrogens is 1. The summed E-state index contributed by atoms with van der Waals surface area (Å²) in [5, 5.41) is 3.38. The summed E-state index contributed by atoms with van der Waals surface area (Å²) < 4.78 is 4.95. The number of rotatable bonds is 4. The second-order valence-corrected chi connectivity index (χ2v) is 5.39. The van der Waals surface area contributed by atoms with Gasteiger partial charge in [0.25, 0.3) is 0 Å². The lowest BCUT2D eigenvalue weighted by atomic mass is 10.1. The molecule has 0 bridgehead atoms. The van der Waals surface area contributed by atoms with Gasteiger partial charge in [-0.1, -0.05) is 18.2 Å². The van der Waals surface area contributed by atoms with Gasteiger partial charge in [0, 0.05) is 17.4 Å². The normalized spacial score (nSPS) is 15.5. The Hall–Kier alpha value is -2.56. The largest absolute Gasteiger partial charge is 0.447 e. The van der Waals surface area contributed by atoms with Crippen molar-refractivity contribution >= 4 is 17.6 Å². The van der Waals surface area contributed by atoms with E-state index in [-0.39, 0.29) is 12.1 Å². The van der Waals surface area contributed by atoms with Gasteiger partial charge in [-0.25, -0.2) is 9.78 Å². The first-order chi connectivity index (χ1) is 10.6. The number of benzene rings is 1. The predicted octanol–water partition coefficient (Wildman–Crippen LogP) is 3.52. The SMILES string of the molecule is Cc1cccc(N[C@H](C)c2ccc(N3CCOC3=O)cc2)n1. The monoisotopic (exact) mass is 297 g/mol. The molecule has 0 saturated carbocycles. The summed E-state index contributed by atoms with van der Waals surface area (Å²) >= 11 is 0. The van der Waals surface area contributed by atoms with E-state index in [9.17, 15) is 4.79 Å². The third-order valence-electron chi connectivity index (χ3n) is 3.72. The smallest absolute Gasteiger partial charge is 0.414 e. The van der Waals surface area contributed by atoms with E-state index in [1.54, 1.807) is 4.90 Å². The Labute approximate surface area is 129 Å². The molecule has 2 aromatic rings. The highest BCUT2D eigenvalue weighted by Crippen LogP contribution is 2.23. The van der Waals surface area contributed by atoms with Crippen molar-refractivity contribution < 1.29 is 9.53 Å². The third-order valence-corrected chi connectivity index (χ3v) is 3.72. The van der Waals surface area contributed by atoms with E-state index in [0.717, 1.165) is 22.8 Å². The molecule has 1 saturated heterocycles. The van der Waals surface area contributed by atoms with Crippen LogP contribution in [0.5, 0.6) is 0 Å². The Morgan fingerprint density at radius 2 is 2.00 bits per heavy atom. The number of amides is 1. The van der Waals surface area contributed by atoms with Gasteiger partial charge in [-0.2, -0.15) is 0 Å². The first-order valence-electron chi connectivity index (χ1n) is 7.38. The lowest BCUT2D eigenvalue weighted by Crippen LogP contribution is -2.23. The van der Waals surface area contributed by atoms with Crippen molar-refractivity contribution in [1.82, 2.24) is 4.98 Å². The molecule has 0 aliphatic carbocycles. The molecule has 5 nitrogen and oxygen atoms in total. The van der Waals surface area contributed by atoms with Gasteiger partial charge in [0.2, 0.25) is 0 Å². The van der Waals surface area contributed by atoms with Crippen molar-refractivity contribution in [2.24, 2.45) is 0 Å². The molecule has 5 heteroatoms. The molecule has 1 fully saturated rings. The summed E-state index contributed by atoms with van der Waals surface area (Å²) in [5.74, 6) is 0.861. The van der Waals surface area contributed by atoms with Crippen molar-refractivity contribution in [2.45, 2.75) is 19.9 Å². The van der Waals surface area contributed by atoms with E-state index in [1.165, 1.54) is 0 Å². The molecular formula is C17H19N3O2. The number of nitrogens with zero attached hydrogens (tertiary/aromatic N) is 2. The van der Waals surface area contributed by atoms with E-state index >= 15 is 0 Å². The van der Waals surface area contributed by atoms with Crippen molar-refractivity contribution in [2.75, 3.05) is 23.4 Å². The fraction of sp³-hybridized carbons (Fsp3) is 0.294. The van der Waals surface area contributed by atoms with E-state index in [1.807, 2.05) is 49.4 Å². The maximum absolute atomic E-state index is 11.5. The first-order valence-corrected chi connectivity index (χ1v) is 7.38.